The van der Waals surface area contributed by atoms with Gasteiger partial charge in [0.1, 0.15) is 5.41 Å². The molecule has 1 aromatic rings. The zero-order valence-electron chi connectivity index (χ0n) is 12.1. The molecule has 2 rings (SSSR count). The number of amides is 2. The summed E-state index contributed by atoms with van der Waals surface area (Å²) in [5, 5.41) is 5.07. The summed E-state index contributed by atoms with van der Waals surface area (Å²) in [6.45, 7) is 2.36. The molecule has 0 unspecified atom stereocenters. The van der Waals surface area contributed by atoms with Crippen LogP contribution in [0, 0.1) is 5.41 Å². The molecule has 0 bridgehead atoms. The van der Waals surface area contributed by atoms with E-state index in [1.807, 2.05) is 6.92 Å². The largest absolute Gasteiger partial charge is 0.416 e. The van der Waals surface area contributed by atoms with Crippen LogP contribution in [-0.2, 0) is 15.8 Å². The summed E-state index contributed by atoms with van der Waals surface area (Å²) in [4.78, 5) is 24.2. The van der Waals surface area contributed by atoms with Crippen LogP contribution in [0.2, 0.25) is 0 Å². The molecule has 1 aliphatic carbocycles. The van der Waals surface area contributed by atoms with Gasteiger partial charge in [0.15, 0.2) is 0 Å². The van der Waals surface area contributed by atoms with Gasteiger partial charge in [-0.05, 0) is 37.5 Å². The fraction of sp³-hybridized carbons (Fsp3) is 0.467. The van der Waals surface area contributed by atoms with Crippen molar-refractivity contribution in [3.63, 3.8) is 0 Å². The van der Waals surface area contributed by atoms with E-state index in [2.05, 4.69) is 10.6 Å². The number of anilines is 1. The number of carbonyl (C=O) groups is 2. The van der Waals surface area contributed by atoms with E-state index in [0.717, 1.165) is 18.6 Å². The maximum atomic E-state index is 12.6. The third kappa shape index (κ3) is 3.40. The molecule has 0 radical (unpaired) electrons. The fourth-order valence-electron chi connectivity index (χ4n) is 2.11. The van der Waals surface area contributed by atoms with Crippen LogP contribution in [0.25, 0.3) is 0 Å². The van der Waals surface area contributed by atoms with Gasteiger partial charge in [0.05, 0.1) is 5.56 Å². The predicted molar refractivity (Wildman–Crippen MR) is 75.0 cm³/mol. The molecule has 0 heterocycles. The van der Waals surface area contributed by atoms with Gasteiger partial charge in [-0.15, -0.1) is 0 Å². The molecule has 1 saturated carbocycles. The molecule has 1 aliphatic rings. The highest BCUT2D eigenvalue weighted by molar-refractivity contribution is 6.13. The van der Waals surface area contributed by atoms with Crippen LogP contribution >= 0.6 is 0 Å². The SMILES string of the molecule is CCCNC(=O)C1(C(=O)Nc2cccc(C(F)(F)F)c2)CC1. The lowest BCUT2D eigenvalue weighted by Gasteiger charge is -2.16. The maximum absolute atomic E-state index is 12.6. The Morgan fingerprint density at radius 2 is 1.91 bits per heavy atom. The molecule has 7 heteroatoms. The third-order valence-corrected chi connectivity index (χ3v) is 3.60. The van der Waals surface area contributed by atoms with Crippen molar-refractivity contribution in [2.75, 3.05) is 11.9 Å². The van der Waals surface area contributed by atoms with Gasteiger partial charge in [-0.3, -0.25) is 9.59 Å². The molecular formula is C15H17F3N2O2. The molecule has 0 saturated heterocycles. The quantitative estimate of drug-likeness (QED) is 0.821. The van der Waals surface area contributed by atoms with Crippen molar-refractivity contribution in [1.29, 1.82) is 0 Å². The van der Waals surface area contributed by atoms with E-state index < -0.39 is 23.1 Å². The van der Waals surface area contributed by atoms with Crippen molar-refractivity contribution in [1.82, 2.24) is 5.32 Å². The van der Waals surface area contributed by atoms with Gasteiger partial charge < -0.3 is 10.6 Å². The van der Waals surface area contributed by atoms with Crippen molar-refractivity contribution >= 4 is 17.5 Å². The highest BCUT2D eigenvalue weighted by Crippen LogP contribution is 2.47. The van der Waals surface area contributed by atoms with E-state index in [1.54, 1.807) is 0 Å². The zero-order valence-corrected chi connectivity index (χ0v) is 12.1. The molecule has 22 heavy (non-hydrogen) atoms. The van der Waals surface area contributed by atoms with Crippen molar-refractivity contribution in [2.45, 2.75) is 32.4 Å². The van der Waals surface area contributed by atoms with Gasteiger partial charge in [0.25, 0.3) is 0 Å². The molecule has 1 fully saturated rings. The highest BCUT2D eigenvalue weighted by atomic mass is 19.4. The van der Waals surface area contributed by atoms with Gasteiger partial charge >= 0.3 is 6.18 Å². The summed E-state index contributed by atoms with van der Waals surface area (Å²) in [7, 11) is 0. The van der Waals surface area contributed by atoms with Crippen molar-refractivity contribution < 1.29 is 22.8 Å². The lowest BCUT2D eigenvalue weighted by molar-refractivity contribution is -0.138. The number of halogens is 3. The first-order chi connectivity index (χ1) is 10.3. The Bertz CT molecular complexity index is 580. The second-order valence-electron chi connectivity index (χ2n) is 5.37. The van der Waals surface area contributed by atoms with Gasteiger partial charge in [-0.1, -0.05) is 13.0 Å². The van der Waals surface area contributed by atoms with E-state index in [-0.39, 0.29) is 11.6 Å². The van der Waals surface area contributed by atoms with Crippen LogP contribution in [0.15, 0.2) is 24.3 Å². The van der Waals surface area contributed by atoms with Crippen LogP contribution in [0.5, 0.6) is 0 Å². The first-order valence-corrected chi connectivity index (χ1v) is 7.06. The first-order valence-electron chi connectivity index (χ1n) is 7.06. The Morgan fingerprint density at radius 1 is 1.23 bits per heavy atom. The lowest BCUT2D eigenvalue weighted by atomic mass is 10.0. The smallest absolute Gasteiger partial charge is 0.355 e. The van der Waals surface area contributed by atoms with Crippen LogP contribution in [0.3, 0.4) is 0 Å². The second kappa shape index (κ2) is 5.98. The summed E-state index contributed by atoms with van der Waals surface area (Å²) in [5.74, 6) is -0.917. The molecule has 0 atom stereocenters. The molecule has 2 N–H and O–H groups in total. The highest BCUT2D eigenvalue weighted by Gasteiger charge is 2.56. The molecule has 120 valence electrons. The standard InChI is InChI=1S/C15H17F3N2O2/c1-2-8-19-12(21)14(6-7-14)13(22)20-11-5-3-4-10(9-11)15(16,17)18/h3-5,9H,2,6-8H2,1H3,(H,19,21)(H,20,22). The summed E-state index contributed by atoms with van der Waals surface area (Å²) in [5.41, 5.74) is -1.94. The molecule has 0 spiro atoms. The maximum Gasteiger partial charge on any atom is 0.416 e. The number of alkyl halides is 3. The van der Waals surface area contributed by atoms with E-state index in [0.29, 0.717) is 19.4 Å². The Kier molecular flexibility index (Phi) is 4.44. The Morgan fingerprint density at radius 3 is 2.45 bits per heavy atom. The molecule has 4 nitrogen and oxygen atoms in total. The summed E-state index contributed by atoms with van der Waals surface area (Å²) < 4.78 is 37.9. The first kappa shape index (κ1) is 16.3. The Hall–Kier alpha value is -2.05. The van der Waals surface area contributed by atoms with Crippen LogP contribution in [0.4, 0.5) is 18.9 Å². The number of benzene rings is 1. The van der Waals surface area contributed by atoms with E-state index >= 15 is 0 Å². The van der Waals surface area contributed by atoms with Crippen LogP contribution in [-0.4, -0.2) is 18.4 Å². The number of hydrogen-bond donors (Lipinski definition) is 2. The van der Waals surface area contributed by atoms with E-state index in [9.17, 15) is 22.8 Å². The second-order valence-corrected chi connectivity index (χ2v) is 5.37. The Balaban J connectivity index is 2.08. The lowest BCUT2D eigenvalue weighted by Crippen LogP contribution is -2.40. The van der Waals surface area contributed by atoms with E-state index in [4.69, 9.17) is 0 Å². The average Bonchev–Trinajstić information content (AvgIpc) is 3.26. The number of carbonyl (C=O) groups excluding carboxylic acids is 2. The summed E-state index contributed by atoms with van der Waals surface area (Å²) >= 11 is 0. The van der Waals surface area contributed by atoms with Gasteiger partial charge in [0.2, 0.25) is 11.8 Å². The minimum absolute atomic E-state index is 0.0365. The zero-order chi connectivity index (χ0) is 16.4. The average molecular weight is 314 g/mol. The summed E-state index contributed by atoms with van der Waals surface area (Å²) in [6, 6.07) is 4.37. The fourth-order valence-corrected chi connectivity index (χ4v) is 2.11. The normalized spacial score (nSPS) is 16.0. The topological polar surface area (TPSA) is 58.2 Å². The van der Waals surface area contributed by atoms with Gasteiger partial charge in [-0.25, -0.2) is 0 Å². The van der Waals surface area contributed by atoms with Crippen molar-refractivity contribution in [2.24, 2.45) is 5.41 Å². The number of rotatable bonds is 5. The third-order valence-electron chi connectivity index (χ3n) is 3.60. The molecule has 0 aliphatic heterocycles. The van der Waals surface area contributed by atoms with Gasteiger partial charge in [-0.2, -0.15) is 13.2 Å². The monoisotopic (exact) mass is 314 g/mol. The molecule has 1 aromatic carbocycles. The molecule has 2 amide bonds. The summed E-state index contributed by atoms with van der Waals surface area (Å²) in [6.07, 6.45) is -2.91. The number of nitrogens with one attached hydrogen (secondary N) is 2. The van der Waals surface area contributed by atoms with Crippen molar-refractivity contribution in [3.8, 4) is 0 Å². The molecular weight excluding hydrogens is 297 g/mol. The Labute approximate surface area is 126 Å². The van der Waals surface area contributed by atoms with Gasteiger partial charge in [0, 0.05) is 12.2 Å². The minimum atomic E-state index is -4.48. The van der Waals surface area contributed by atoms with Crippen molar-refractivity contribution in [3.05, 3.63) is 29.8 Å². The van der Waals surface area contributed by atoms with E-state index in [1.165, 1.54) is 12.1 Å². The minimum Gasteiger partial charge on any atom is -0.355 e. The van der Waals surface area contributed by atoms with Crippen LogP contribution in [0.1, 0.15) is 31.7 Å². The molecule has 0 aromatic heterocycles. The van der Waals surface area contributed by atoms with Crippen LogP contribution < -0.4 is 10.6 Å². The number of hydrogen-bond acceptors (Lipinski definition) is 2. The predicted octanol–water partition coefficient (Wildman–Crippen LogP) is 2.95.